The first-order chi connectivity index (χ1) is 11.6. The number of halogens is 2. The predicted octanol–water partition coefficient (Wildman–Crippen LogP) is 1.67. The van der Waals surface area contributed by atoms with Crippen LogP contribution in [0.15, 0.2) is 29.3 Å². The molecule has 1 saturated heterocycles. The van der Waals surface area contributed by atoms with Crippen molar-refractivity contribution in [2.24, 2.45) is 4.99 Å². The molecule has 25 heavy (non-hydrogen) atoms. The number of hydrogen-bond acceptors (Lipinski definition) is 3. The highest BCUT2D eigenvalue weighted by molar-refractivity contribution is 14.0. The molecular weight excluding hydrogens is 436 g/mol. The molecule has 1 aliphatic rings. The van der Waals surface area contributed by atoms with E-state index in [9.17, 15) is 9.18 Å². The van der Waals surface area contributed by atoms with Gasteiger partial charge in [-0.25, -0.2) is 4.39 Å². The van der Waals surface area contributed by atoms with E-state index in [1.807, 2.05) is 6.92 Å². The van der Waals surface area contributed by atoms with Gasteiger partial charge >= 0.3 is 0 Å². The third kappa shape index (κ3) is 6.68. The van der Waals surface area contributed by atoms with Gasteiger partial charge in [0, 0.05) is 45.5 Å². The summed E-state index contributed by atoms with van der Waals surface area (Å²) in [6.07, 6.45) is 0.922. The molecule has 1 heterocycles. The zero-order valence-electron chi connectivity index (χ0n) is 14.8. The smallest absolute Gasteiger partial charge is 0.239 e. The van der Waals surface area contributed by atoms with Crippen molar-refractivity contribution in [1.82, 2.24) is 15.5 Å². The Morgan fingerprint density at radius 2 is 1.80 bits per heavy atom. The molecule has 6 nitrogen and oxygen atoms in total. The van der Waals surface area contributed by atoms with Crippen LogP contribution in [0, 0.1) is 5.82 Å². The molecule has 8 heteroatoms. The molecule has 140 valence electrons. The Hall–Kier alpha value is -1.58. The Labute approximate surface area is 165 Å². The minimum absolute atomic E-state index is 0. The van der Waals surface area contributed by atoms with Gasteiger partial charge in [0.05, 0.1) is 6.54 Å². The van der Waals surface area contributed by atoms with Crippen LogP contribution >= 0.6 is 24.0 Å². The maximum absolute atomic E-state index is 13.0. The van der Waals surface area contributed by atoms with E-state index in [1.165, 1.54) is 12.1 Å². The number of hydrogen-bond donors (Lipinski definition) is 2. The predicted molar refractivity (Wildman–Crippen MR) is 110 cm³/mol. The number of nitrogens with zero attached hydrogens (tertiary/aromatic N) is 3. The van der Waals surface area contributed by atoms with E-state index in [0.29, 0.717) is 6.54 Å². The molecule has 1 fully saturated rings. The highest BCUT2D eigenvalue weighted by Crippen LogP contribution is 2.16. The van der Waals surface area contributed by atoms with Crippen molar-refractivity contribution in [3.05, 3.63) is 30.1 Å². The second-order valence-corrected chi connectivity index (χ2v) is 5.70. The van der Waals surface area contributed by atoms with Gasteiger partial charge in [0.1, 0.15) is 5.82 Å². The minimum Gasteiger partial charge on any atom is -0.368 e. The molecule has 0 radical (unpaired) electrons. The van der Waals surface area contributed by atoms with Gasteiger partial charge in [-0.3, -0.25) is 9.79 Å². The molecule has 0 unspecified atom stereocenters. The van der Waals surface area contributed by atoms with Crippen LogP contribution in [0.3, 0.4) is 0 Å². The van der Waals surface area contributed by atoms with Gasteiger partial charge < -0.3 is 20.4 Å². The molecule has 0 spiro atoms. The van der Waals surface area contributed by atoms with Crippen LogP contribution in [0.25, 0.3) is 0 Å². The van der Waals surface area contributed by atoms with Crippen molar-refractivity contribution >= 4 is 41.5 Å². The molecule has 1 amide bonds. The normalized spacial score (nSPS) is 14.8. The molecule has 2 rings (SSSR count). The van der Waals surface area contributed by atoms with Gasteiger partial charge in [0.15, 0.2) is 5.96 Å². The number of amides is 1. The summed E-state index contributed by atoms with van der Waals surface area (Å²) < 4.78 is 13.0. The van der Waals surface area contributed by atoms with Gasteiger partial charge in [-0.05, 0) is 30.7 Å². The Kier molecular flexibility index (Phi) is 9.54. The highest BCUT2D eigenvalue weighted by atomic mass is 127. The second-order valence-electron chi connectivity index (χ2n) is 5.70. The Morgan fingerprint density at radius 3 is 2.36 bits per heavy atom. The fourth-order valence-corrected chi connectivity index (χ4v) is 2.65. The Bertz CT molecular complexity index is 559. The standard InChI is InChI=1S/C17H26FN5O.HI/c1-3-8-20-16(24)13-21-17(19-2)23-11-9-22(10-12-23)15-6-4-14(18)5-7-15;/h4-7H,3,8-13H2,1-2H3,(H,19,21)(H,20,24);1H. The van der Waals surface area contributed by atoms with Crippen molar-refractivity contribution in [1.29, 1.82) is 0 Å². The van der Waals surface area contributed by atoms with Gasteiger partial charge in [0.25, 0.3) is 0 Å². The van der Waals surface area contributed by atoms with Crippen molar-refractivity contribution in [3.63, 3.8) is 0 Å². The van der Waals surface area contributed by atoms with Crippen LogP contribution in [0.1, 0.15) is 13.3 Å². The summed E-state index contributed by atoms with van der Waals surface area (Å²) in [4.78, 5) is 20.3. The van der Waals surface area contributed by atoms with Crippen LogP contribution < -0.4 is 15.5 Å². The zero-order chi connectivity index (χ0) is 17.4. The molecule has 2 N–H and O–H groups in total. The van der Waals surface area contributed by atoms with E-state index in [1.54, 1.807) is 19.2 Å². The molecule has 0 aliphatic carbocycles. The van der Waals surface area contributed by atoms with Crippen LogP contribution in [0.2, 0.25) is 0 Å². The Balaban J connectivity index is 0.00000312. The second kappa shape index (κ2) is 11.1. The van der Waals surface area contributed by atoms with Crippen molar-refractivity contribution in [3.8, 4) is 0 Å². The number of carbonyl (C=O) groups excluding carboxylic acids is 1. The zero-order valence-corrected chi connectivity index (χ0v) is 17.1. The van der Waals surface area contributed by atoms with Crippen molar-refractivity contribution in [2.45, 2.75) is 13.3 Å². The van der Waals surface area contributed by atoms with E-state index in [0.717, 1.165) is 44.2 Å². The van der Waals surface area contributed by atoms with Gasteiger partial charge in [-0.1, -0.05) is 6.92 Å². The summed E-state index contributed by atoms with van der Waals surface area (Å²) in [5.74, 6) is 0.492. The summed E-state index contributed by atoms with van der Waals surface area (Å²) >= 11 is 0. The lowest BCUT2D eigenvalue weighted by Gasteiger charge is -2.37. The summed E-state index contributed by atoms with van der Waals surface area (Å²) in [6, 6.07) is 6.57. The number of piperazine rings is 1. The lowest BCUT2D eigenvalue weighted by Crippen LogP contribution is -2.53. The number of nitrogens with one attached hydrogen (secondary N) is 2. The summed E-state index contributed by atoms with van der Waals surface area (Å²) in [5, 5.41) is 5.94. The van der Waals surface area contributed by atoms with Crippen LogP contribution in [-0.4, -0.2) is 63.1 Å². The number of benzene rings is 1. The Morgan fingerprint density at radius 1 is 1.16 bits per heavy atom. The van der Waals surface area contributed by atoms with E-state index >= 15 is 0 Å². The molecule has 1 aromatic rings. The molecule has 0 saturated carbocycles. The molecular formula is C17H27FIN5O. The van der Waals surface area contributed by atoms with E-state index in [2.05, 4.69) is 25.4 Å². The van der Waals surface area contributed by atoms with E-state index in [-0.39, 0.29) is 42.2 Å². The first kappa shape index (κ1) is 21.5. The first-order valence-electron chi connectivity index (χ1n) is 8.37. The quantitative estimate of drug-likeness (QED) is 0.397. The minimum atomic E-state index is -0.219. The molecule has 0 bridgehead atoms. The topological polar surface area (TPSA) is 60.0 Å². The molecule has 1 aliphatic heterocycles. The van der Waals surface area contributed by atoms with Crippen LogP contribution in [0.5, 0.6) is 0 Å². The first-order valence-corrected chi connectivity index (χ1v) is 8.37. The monoisotopic (exact) mass is 463 g/mol. The molecule has 1 aromatic carbocycles. The summed E-state index contributed by atoms with van der Waals surface area (Å²) in [7, 11) is 1.72. The third-order valence-corrected chi connectivity index (χ3v) is 3.96. The van der Waals surface area contributed by atoms with Gasteiger partial charge in [0.2, 0.25) is 5.91 Å². The summed E-state index contributed by atoms with van der Waals surface area (Å²) in [6.45, 7) is 6.19. The number of rotatable bonds is 5. The van der Waals surface area contributed by atoms with E-state index < -0.39 is 0 Å². The van der Waals surface area contributed by atoms with Crippen LogP contribution in [-0.2, 0) is 4.79 Å². The van der Waals surface area contributed by atoms with Crippen molar-refractivity contribution in [2.75, 3.05) is 51.2 Å². The fraction of sp³-hybridized carbons (Fsp3) is 0.529. The largest absolute Gasteiger partial charge is 0.368 e. The number of anilines is 1. The summed E-state index contributed by atoms with van der Waals surface area (Å²) in [5.41, 5.74) is 1.03. The van der Waals surface area contributed by atoms with Crippen molar-refractivity contribution < 1.29 is 9.18 Å². The molecule has 0 aromatic heterocycles. The lowest BCUT2D eigenvalue weighted by atomic mass is 10.2. The average molecular weight is 463 g/mol. The SMILES string of the molecule is CCCNC(=O)CNC(=NC)N1CCN(c2ccc(F)cc2)CC1.I. The number of aliphatic imine (C=N–C) groups is 1. The maximum Gasteiger partial charge on any atom is 0.239 e. The fourth-order valence-electron chi connectivity index (χ4n) is 2.65. The third-order valence-electron chi connectivity index (χ3n) is 3.96. The lowest BCUT2D eigenvalue weighted by molar-refractivity contribution is -0.120. The average Bonchev–Trinajstić information content (AvgIpc) is 2.61. The van der Waals surface area contributed by atoms with Gasteiger partial charge in [-0.2, -0.15) is 0 Å². The van der Waals surface area contributed by atoms with Gasteiger partial charge in [-0.15, -0.1) is 24.0 Å². The number of guanidine groups is 1. The number of carbonyl (C=O) groups is 1. The molecule has 0 atom stereocenters. The van der Waals surface area contributed by atoms with E-state index in [4.69, 9.17) is 0 Å². The maximum atomic E-state index is 13.0. The van der Waals surface area contributed by atoms with Crippen LogP contribution in [0.4, 0.5) is 10.1 Å². The highest BCUT2D eigenvalue weighted by Gasteiger charge is 2.20.